The number of anilines is 1. The van der Waals surface area contributed by atoms with Crippen LogP contribution in [-0.2, 0) is 0 Å². The molecule has 84 valence electrons. The SMILES string of the molecule is NC1CCCN(c2nsc3ccccc23)C1. The van der Waals surface area contributed by atoms with Gasteiger partial charge < -0.3 is 10.6 Å². The van der Waals surface area contributed by atoms with Crippen molar-refractivity contribution >= 4 is 27.4 Å². The molecule has 1 fully saturated rings. The average molecular weight is 233 g/mol. The van der Waals surface area contributed by atoms with Gasteiger partial charge in [0.1, 0.15) is 5.82 Å². The molecule has 1 unspecified atom stereocenters. The lowest BCUT2D eigenvalue weighted by atomic mass is 10.1. The molecule has 1 aromatic heterocycles. The van der Waals surface area contributed by atoms with Crippen molar-refractivity contribution in [3.8, 4) is 0 Å². The molecule has 0 bridgehead atoms. The van der Waals surface area contributed by atoms with Crippen molar-refractivity contribution in [1.29, 1.82) is 0 Å². The average Bonchev–Trinajstić information content (AvgIpc) is 2.72. The molecule has 2 aromatic rings. The van der Waals surface area contributed by atoms with Gasteiger partial charge in [-0.3, -0.25) is 0 Å². The minimum atomic E-state index is 0.300. The number of hydrogen-bond acceptors (Lipinski definition) is 4. The quantitative estimate of drug-likeness (QED) is 0.821. The molecule has 3 nitrogen and oxygen atoms in total. The Morgan fingerprint density at radius 1 is 1.38 bits per heavy atom. The molecular formula is C12H15N3S. The Hall–Kier alpha value is -1.13. The van der Waals surface area contributed by atoms with Gasteiger partial charge in [-0.2, -0.15) is 4.37 Å². The van der Waals surface area contributed by atoms with Crippen LogP contribution in [0.3, 0.4) is 0 Å². The second kappa shape index (κ2) is 4.03. The standard InChI is InChI=1S/C12H15N3S/c13-9-4-3-7-15(8-9)12-10-5-1-2-6-11(10)16-14-12/h1-2,5-6,9H,3-4,7-8,13H2. The van der Waals surface area contributed by atoms with E-state index in [4.69, 9.17) is 5.73 Å². The van der Waals surface area contributed by atoms with Crippen molar-refractivity contribution in [1.82, 2.24) is 4.37 Å². The maximum atomic E-state index is 6.01. The first-order valence-corrected chi connectivity index (χ1v) is 6.47. The van der Waals surface area contributed by atoms with Gasteiger partial charge in [-0.1, -0.05) is 12.1 Å². The first-order chi connectivity index (χ1) is 7.84. The van der Waals surface area contributed by atoms with Crippen LogP contribution in [0.1, 0.15) is 12.8 Å². The molecule has 1 aliphatic heterocycles. The van der Waals surface area contributed by atoms with Gasteiger partial charge in [-0.15, -0.1) is 0 Å². The number of piperidine rings is 1. The fraction of sp³-hybridized carbons (Fsp3) is 0.417. The van der Waals surface area contributed by atoms with Gasteiger partial charge in [-0.25, -0.2) is 0 Å². The van der Waals surface area contributed by atoms with Gasteiger partial charge in [0.05, 0.1) is 4.70 Å². The predicted molar refractivity (Wildman–Crippen MR) is 69.0 cm³/mol. The van der Waals surface area contributed by atoms with E-state index in [0.29, 0.717) is 6.04 Å². The van der Waals surface area contributed by atoms with Crippen molar-refractivity contribution in [2.45, 2.75) is 18.9 Å². The first-order valence-electron chi connectivity index (χ1n) is 5.69. The molecule has 2 N–H and O–H groups in total. The van der Waals surface area contributed by atoms with Gasteiger partial charge in [-0.05, 0) is 36.5 Å². The Morgan fingerprint density at radius 3 is 3.12 bits per heavy atom. The number of nitrogens with two attached hydrogens (primary N) is 1. The molecule has 0 aliphatic carbocycles. The summed E-state index contributed by atoms with van der Waals surface area (Å²) in [4.78, 5) is 2.33. The van der Waals surface area contributed by atoms with Crippen LogP contribution in [0.25, 0.3) is 10.1 Å². The van der Waals surface area contributed by atoms with Crippen LogP contribution < -0.4 is 10.6 Å². The van der Waals surface area contributed by atoms with E-state index >= 15 is 0 Å². The molecule has 1 saturated heterocycles. The van der Waals surface area contributed by atoms with E-state index in [1.54, 1.807) is 11.5 Å². The third-order valence-electron chi connectivity index (χ3n) is 3.12. The summed E-state index contributed by atoms with van der Waals surface area (Å²) in [6.45, 7) is 2.02. The topological polar surface area (TPSA) is 42.1 Å². The molecule has 1 aromatic carbocycles. The van der Waals surface area contributed by atoms with E-state index in [-0.39, 0.29) is 0 Å². The molecule has 16 heavy (non-hydrogen) atoms. The minimum Gasteiger partial charge on any atom is -0.354 e. The van der Waals surface area contributed by atoms with Gasteiger partial charge in [0, 0.05) is 24.5 Å². The normalized spacial score (nSPS) is 21.6. The molecule has 1 atom stereocenters. The summed E-state index contributed by atoms with van der Waals surface area (Å²) in [5, 5.41) is 1.27. The summed E-state index contributed by atoms with van der Waals surface area (Å²) in [6, 6.07) is 8.71. The maximum Gasteiger partial charge on any atom is 0.150 e. The molecule has 4 heteroatoms. The zero-order valence-corrected chi connectivity index (χ0v) is 9.91. The Labute approximate surface area is 99.0 Å². The van der Waals surface area contributed by atoms with Crippen molar-refractivity contribution < 1.29 is 0 Å². The zero-order valence-electron chi connectivity index (χ0n) is 9.10. The molecule has 3 rings (SSSR count). The summed E-state index contributed by atoms with van der Waals surface area (Å²) in [7, 11) is 0. The fourth-order valence-corrected chi connectivity index (χ4v) is 3.10. The van der Waals surface area contributed by atoms with E-state index in [0.717, 1.165) is 25.3 Å². The van der Waals surface area contributed by atoms with E-state index < -0.39 is 0 Å². The fourth-order valence-electron chi connectivity index (χ4n) is 2.30. The molecule has 0 amide bonds. The van der Waals surface area contributed by atoms with Crippen LogP contribution in [-0.4, -0.2) is 23.5 Å². The maximum absolute atomic E-state index is 6.01. The molecular weight excluding hydrogens is 218 g/mol. The molecule has 0 spiro atoms. The summed E-state index contributed by atoms with van der Waals surface area (Å²) in [5.74, 6) is 1.12. The third kappa shape index (κ3) is 1.68. The highest BCUT2D eigenvalue weighted by Gasteiger charge is 2.20. The first kappa shape index (κ1) is 10.1. The Bertz CT molecular complexity index is 494. The molecule has 1 aliphatic rings. The number of aromatic nitrogens is 1. The van der Waals surface area contributed by atoms with E-state index in [1.807, 2.05) is 0 Å². The van der Waals surface area contributed by atoms with Crippen molar-refractivity contribution in [2.75, 3.05) is 18.0 Å². The summed E-state index contributed by atoms with van der Waals surface area (Å²) >= 11 is 1.58. The van der Waals surface area contributed by atoms with Crippen LogP contribution in [0.5, 0.6) is 0 Å². The van der Waals surface area contributed by atoms with E-state index in [2.05, 4.69) is 33.5 Å². The lowest BCUT2D eigenvalue weighted by molar-refractivity contribution is 0.505. The van der Waals surface area contributed by atoms with Gasteiger partial charge in [0.25, 0.3) is 0 Å². The summed E-state index contributed by atoms with van der Waals surface area (Å²) in [5.41, 5.74) is 6.01. The number of hydrogen-bond donors (Lipinski definition) is 1. The van der Waals surface area contributed by atoms with Crippen LogP contribution in [0, 0.1) is 0 Å². The van der Waals surface area contributed by atoms with Crippen LogP contribution in [0.2, 0.25) is 0 Å². The predicted octanol–water partition coefficient (Wildman–Crippen LogP) is 2.22. The number of benzene rings is 1. The highest BCUT2D eigenvalue weighted by Crippen LogP contribution is 2.30. The van der Waals surface area contributed by atoms with Crippen molar-refractivity contribution in [3.05, 3.63) is 24.3 Å². The van der Waals surface area contributed by atoms with E-state index in [1.165, 1.54) is 16.5 Å². The van der Waals surface area contributed by atoms with Crippen LogP contribution >= 0.6 is 11.5 Å². The van der Waals surface area contributed by atoms with Gasteiger partial charge >= 0.3 is 0 Å². The second-order valence-corrected chi connectivity index (χ2v) is 5.16. The Kier molecular flexibility index (Phi) is 2.53. The number of rotatable bonds is 1. The Balaban J connectivity index is 1.99. The van der Waals surface area contributed by atoms with Crippen molar-refractivity contribution in [2.24, 2.45) is 5.73 Å². The smallest absolute Gasteiger partial charge is 0.150 e. The molecule has 0 saturated carbocycles. The Morgan fingerprint density at radius 2 is 2.25 bits per heavy atom. The zero-order chi connectivity index (χ0) is 11.0. The summed E-state index contributed by atoms with van der Waals surface area (Å²) in [6.07, 6.45) is 2.31. The highest BCUT2D eigenvalue weighted by atomic mass is 32.1. The van der Waals surface area contributed by atoms with Crippen LogP contribution in [0.4, 0.5) is 5.82 Å². The van der Waals surface area contributed by atoms with Gasteiger partial charge in [0.15, 0.2) is 0 Å². The summed E-state index contributed by atoms with van der Waals surface area (Å²) < 4.78 is 5.83. The molecule has 0 radical (unpaired) electrons. The number of nitrogens with zero attached hydrogens (tertiary/aromatic N) is 2. The lowest BCUT2D eigenvalue weighted by Crippen LogP contribution is -2.43. The minimum absolute atomic E-state index is 0.300. The second-order valence-electron chi connectivity index (χ2n) is 4.35. The lowest BCUT2D eigenvalue weighted by Gasteiger charge is -2.31. The number of fused-ring (bicyclic) bond motifs is 1. The van der Waals surface area contributed by atoms with Crippen LogP contribution in [0.15, 0.2) is 24.3 Å². The largest absolute Gasteiger partial charge is 0.354 e. The monoisotopic (exact) mass is 233 g/mol. The van der Waals surface area contributed by atoms with E-state index in [9.17, 15) is 0 Å². The third-order valence-corrected chi connectivity index (χ3v) is 3.93. The van der Waals surface area contributed by atoms with Crippen molar-refractivity contribution in [3.63, 3.8) is 0 Å². The van der Waals surface area contributed by atoms with Gasteiger partial charge in [0.2, 0.25) is 0 Å². The molecule has 2 heterocycles. The highest BCUT2D eigenvalue weighted by molar-refractivity contribution is 7.13.